The van der Waals surface area contributed by atoms with E-state index in [4.69, 9.17) is 4.99 Å². The lowest BCUT2D eigenvalue weighted by molar-refractivity contribution is 0.102. The van der Waals surface area contributed by atoms with Gasteiger partial charge in [0.15, 0.2) is 5.78 Å². The summed E-state index contributed by atoms with van der Waals surface area (Å²) in [5.74, 6) is -0.640. The van der Waals surface area contributed by atoms with Crippen molar-refractivity contribution in [1.29, 1.82) is 0 Å². The number of nitrogens with zero attached hydrogens (tertiary/aromatic N) is 1. The summed E-state index contributed by atoms with van der Waals surface area (Å²) in [6.45, 7) is 2.68. The molecule has 4 rings (SSSR count). The molecule has 5 heteroatoms. The second-order valence-corrected chi connectivity index (χ2v) is 7.16. The fourth-order valence-corrected chi connectivity index (χ4v) is 3.59. The van der Waals surface area contributed by atoms with Gasteiger partial charge in [-0.2, -0.15) is 0 Å². The number of unbranched alkanes of at least 4 members (excludes halogenated alkanes) is 1. The van der Waals surface area contributed by atoms with Crippen molar-refractivity contribution in [2.24, 2.45) is 4.99 Å². The summed E-state index contributed by atoms with van der Waals surface area (Å²) in [7, 11) is 0. The Kier molecular flexibility index (Phi) is 5.44. The van der Waals surface area contributed by atoms with Gasteiger partial charge in [-0.1, -0.05) is 55.8 Å². The average Bonchev–Trinajstić information content (AvgIpc) is 2.78. The Bertz CT molecular complexity index is 1150. The smallest absolute Gasteiger partial charge is 0.255 e. The van der Waals surface area contributed by atoms with E-state index in [1.54, 1.807) is 42.5 Å². The summed E-state index contributed by atoms with van der Waals surface area (Å²) in [5.41, 5.74) is 3.35. The Labute approximate surface area is 175 Å². The van der Waals surface area contributed by atoms with Gasteiger partial charge in [0, 0.05) is 28.8 Å². The van der Waals surface area contributed by atoms with Crippen LogP contribution in [0.15, 0.2) is 71.7 Å². The molecule has 0 bridgehead atoms. The molecule has 150 valence electrons. The molecular formula is C25H22N2O3. The molecule has 0 saturated heterocycles. The van der Waals surface area contributed by atoms with E-state index >= 15 is 0 Å². The van der Waals surface area contributed by atoms with E-state index in [2.05, 4.69) is 12.2 Å². The van der Waals surface area contributed by atoms with Crippen LogP contribution in [0.25, 0.3) is 0 Å². The lowest BCUT2D eigenvalue weighted by Crippen LogP contribution is -2.23. The Morgan fingerprint density at radius 3 is 2.37 bits per heavy atom. The van der Waals surface area contributed by atoms with Crippen LogP contribution < -0.4 is 5.32 Å². The molecule has 1 aliphatic rings. The molecular weight excluding hydrogens is 376 g/mol. The number of phenolic OH excluding ortho intramolecular Hbond substituents is 1. The van der Waals surface area contributed by atoms with E-state index in [0.29, 0.717) is 40.1 Å². The maximum Gasteiger partial charge on any atom is 0.255 e. The molecule has 3 aromatic rings. The number of phenols is 1. The second-order valence-electron chi connectivity index (χ2n) is 7.16. The van der Waals surface area contributed by atoms with Crippen molar-refractivity contribution < 1.29 is 14.7 Å². The number of fused-ring (bicyclic) bond motifs is 2. The molecule has 1 aliphatic carbocycles. The van der Waals surface area contributed by atoms with Crippen molar-refractivity contribution in [3.63, 3.8) is 0 Å². The zero-order valence-corrected chi connectivity index (χ0v) is 16.7. The average molecular weight is 398 g/mol. The highest BCUT2D eigenvalue weighted by molar-refractivity contribution is 6.31. The van der Waals surface area contributed by atoms with Crippen LogP contribution in [0.4, 0.5) is 5.69 Å². The first-order chi connectivity index (χ1) is 14.6. The summed E-state index contributed by atoms with van der Waals surface area (Å²) in [6, 6.07) is 19.3. The van der Waals surface area contributed by atoms with Crippen LogP contribution in [-0.2, 0) is 0 Å². The normalized spacial score (nSPS) is 13.6. The van der Waals surface area contributed by atoms with Crippen molar-refractivity contribution in [2.75, 3.05) is 11.9 Å². The maximum atomic E-state index is 13.0. The van der Waals surface area contributed by atoms with Crippen LogP contribution in [0.1, 0.15) is 57.2 Å². The predicted octanol–water partition coefficient (Wildman–Crippen LogP) is 4.83. The molecule has 3 aromatic carbocycles. The number of hydrogen-bond donors (Lipinski definition) is 2. The Morgan fingerprint density at radius 2 is 1.63 bits per heavy atom. The molecule has 5 nitrogen and oxygen atoms in total. The van der Waals surface area contributed by atoms with Crippen molar-refractivity contribution in [3.8, 4) is 5.75 Å². The number of amides is 1. The fourth-order valence-electron chi connectivity index (χ4n) is 3.59. The monoisotopic (exact) mass is 398 g/mol. The van der Waals surface area contributed by atoms with Crippen molar-refractivity contribution in [3.05, 3.63) is 94.5 Å². The van der Waals surface area contributed by atoms with Crippen LogP contribution in [0.5, 0.6) is 5.75 Å². The first kappa shape index (κ1) is 19.6. The van der Waals surface area contributed by atoms with E-state index < -0.39 is 0 Å². The highest BCUT2D eigenvalue weighted by Crippen LogP contribution is 2.38. The molecule has 30 heavy (non-hydrogen) atoms. The third-order valence-electron chi connectivity index (χ3n) is 5.15. The molecule has 1 amide bonds. The number of carbonyl (C=O) groups is 2. The molecule has 0 aliphatic heterocycles. The summed E-state index contributed by atoms with van der Waals surface area (Å²) >= 11 is 0. The first-order valence-electron chi connectivity index (χ1n) is 10.0. The molecule has 2 N–H and O–H groups in total. The highest BCUT2D eigenvalue weighted by Gasteiger charge is 2.31. The van der Waals surface area contributed by atoms with Gasteiger partial charge in [-0.15, -0.1) is 0 Å². The van der Waals surface area contributed by atoms with Crippen molar-refractivity contribution >= 4 is 23.1 Å². The quantitative estimate of drug-likeness (QED) is 0.373. The van der Waals surface area contributed by atoms with Gasteiger partial charge in [0.1, 0.15) is 5.75 Å². The third-order valence-corrected chi connectivity index (χ3v) is 5.15. The van der Waals surface area contributed by atoms with Crippen LogP contribution >= 0.6 is 0 Å². The van der Waals surface area contributed by atoms with E-state index in [1.165, 1.54) is 0 Å². The third kappa shape index (κ3) is 3.50. The molecule has 0 unspecified atom stereocenters. The lowest BCUT2D eigenvalue weighted by Gasteiger charge is -2.23. The number of benzene rings is 3. The Hall–Kier alpha value is -3.73. The van der Waals surface area contributed by atoms with E-state index in [9.17, 15) is 14.7 Å². The molecule has 0 fully saturated rings. The predicted molar refractivity (Wildman–Crippen MR) is 118 cm³/mol. The maximum absolute atomic E-state index is 13.0. The summed E-state index contributed by atoms with van der Waals surface area (Å²) in [4.78, 5) is 30.3. The Morgan fingerprint density at radius 1 is 0.933 bits per heavy atom. The zero-order valence-electron chi connectivity index (χ0n) is 16.7. The number of aromatic hydroxyl groups is 1. The van der Waals surface area contributed by atoms with Crippen LogP contribution in [0.3, 0.4) is 0 Å². The first-order valence-corrected chi connectivity index (χ1v) is 10.0. The molecule has 0 atom stereocenters. The number of ketones is 1. The van der Waals surface area contributed by atoms with Crippen molar-refractivity contribution in [1.82, 2.24) is 0 Å². The minimum absolute atomic E-state index is 0.144. The topological polar surface area (TPSA) is 78.8 Å². The molecule has 0 saturated carbocycles. The second kappa shape index (κ2) is 8.33. The zero-order chi connectivity index (χ0) is 21.1. The number of carbonyl (C=O) groups excluding carboxylic acids is 2. The minimum Gasteiger partial charge on any atom is -0.505 e. The summed E-state index contributed by atoms with van der Waals surface area (Å²) in [5, 5.41) is 13.8. The molecule has 0 spiro atoms. The number of rotatable bonds is 5. The molecule has 0 heterocycles. The highest BCUT2D eigenvalue weighted by atomic mass is 16.3. The van der Waals surface area contributed by atoms with Crippen LogP contribution in [-0.4, -0.2) is 29.1 Å². The van der Waals surface area contributed by atoms with Gasteiger partial charge >= 0.3 is 0 Å². The molecule has 0 aromatic heterocycles. The largest absolute Gasteiger partial charge is 0.505 e. The molecule has 0 radical (unpaired) electrons. The number of nitrogens with one attached hydrogen (secondary N) is 1. The van der Waals surface area contributed by atoms with Crippen molar-refractivity contribution in [2.45, 2.75) is 19.8 Å². The van der Waals surface area contributed by atoms with Crippen LogP contribution in [0, 0.1) is 0 Å². The summed E-state index contributed by atoms with van der Waals surface area (Å²) < 4.78 is 0. The van der Waals surface area contributed by atoms with E-state index in [0.717, 1.165) is 12.8 Å². The van der Waals surface area contributed by atoms with Gasteiger partial charge in [-0.25, -0.2) is 0 Å². The number of anilines is 1. The standard InChI is InChI=1S/C25H22N2O3/c1-2-3-15-26-22-17-11-7-8-12-18(17)23(28)19-13-14-20(24(29)21(19)22)27-25(30)16-9-5-4-6-10-16/h4-14,29H,2-3,15H2,1H3,(H,27,30). The minimum atomic E-state index is -0.335. The van der Waals surface area contributed by atoms with E-state index in [-0.39, 0.29) is 23.1 Å². The van der Waals surface area contributed by atoms with Gasteiger partial charge in [0.05, 0.1) is 17.0 Å². The Balaban J connectivity index is 1.80. The van der Waals surface area contributed by atoms with Gasteiger partial charge < -0.3 is 10.4 Å². The summed E-state index contributed by atoms with van der Waals surface area (Å²) in [6.07, 6.45) is 1.89. The SMILES string of the molecule is CCCCN=C1c2ccccc2C(=O)c2ccc(NC(=O)c3ccccc3)c(O)c21. The lowest BCUT2D eigenvalue weighted by atomic mass is 9.82. The number of aliphatic imine (C=N–C) groups is 1. The fraction of sp³-hybridized carbons (Fsp3) is 0.160. The van der Waals surface area contributed by atoms with Gasteiger partial charge in [-0.05, 0) is 30.7 Å². The van der Waals surface area contributed by atoms with E-state index in [1.807, 2.05) is 24.3 Å². The van der Waals surface area contributed by atoms with Crippen LogP contribution in [0.2, 0.25) is 0 Å². The van der Waals surface area contributed by atoms with Gasteiger partial charge in [-0.3, -0.25) is 14.6 Å². The number of hydrogen-bond acceptors (Lipinski definition) is 4. The van der Waals surface area contributed by atoms with Gasteiger partial charge in [0.2, 0.25) is 0 Å². The van der Waals surface area contributed by atoms with Gasteiger partial charge in [0.25, 0.3) is 5.91 Å².